The Hall–Kier alpha value is -2.48. The van der Waals surface area contributed by atoms with Crippen molar-refractivity contribution in [2.24, 2.45) is 0 Å². The van der Waals surface area contributed by atoms with Gasteiger partial charge in [0.2, 0.25) is 5.91 Å². The van der Waals surface area contributed by atoms with Gasteiger partial charge in [-0.05, 0) is 32.2 Å². The van der Waals surface area contributed by atoms with E-state index in [4.69, 9.17) is 0 Å². The van der Waals surface area contributed by atoms with Crippen molar-refractivity contribution < 1.29 is 9.59 Å². The molecular formula is C15H18N4O3S. The van der Waals surface area contributed by atoms with E-state index in [2.05, 4.69) is 20.6 Å². The van der Waals surface area contributed by atoms with Crippen LogP contribution in [0.2, 0.25) is 0 Å². The van der Waals surface area contributed by atoms with Gasteiger partial charge in [0.05, 0.1) is 11.4 Å². The van der Waals surface area contributed by atoms with Crippen molar-refractivity contribution in [2.45, 2.75) is 32.9 Å². The monoisotopic (exact) mass is 334 g/mol. The minimum absolute atomic E-state index is 0.0774. The summed E-state index contributed by atoms with van der Waals surface area (Å²) >= 11 is 1.30. The van der Waals surface area contributed by atoms with Crippen LogP contribution in [0.15, 0.2) is 28.4 Å². The summed E-state index contributed by atoms with van der Waals surface area (Å²) in [6.45, 7) is 5.00. The molecule has 0 radical (unpaired) electrons. The Bertz CT molecular complexity index is 765. The summed E-state index contributed by atoms with van der Waals surface area (Å²) in [5.41, 5.74) is -0.791. The third kappa shape index (κ3) is 4.49. The Balaban J connectivity index is 1.98. The molecule has 2 aromatic rings. The predicted molar refractivity (Wildman–Crippen MR) is 87.3 cm³/mol. The van der Waals surface area contributed by atoms with Gasteiger partial charge in [0, 0.05) is 11.8 Å². The largest absolute Gasteiger partial charge is 0.347 e. The molecule has 0 fully saturated rings. The topological polar surface area (TPSA) is 104 Å². The maximum Gasteiger partial charge on any atom is 0.262 e. The second-order valence-corrected chi connectivity index (χ2v) is 6.52. The number of nitrogens with zero attached hydrogens (tertiary/aromatic N) is 1. The SMILES string of the molecule is Cc1cc(=O)[nH]c(CNC(=O)C(C)(C)NC(=O)c2cccs2)n1. The summed E-state index contributed by atoms with van der Waals surface area (Å²) in [6.07, 6.45) is 0. The lowest BCUT2D eigenvalue weighted by atomic mass is 10.0. The fraction of sp³-hybridized carbons (Fsp3) is 0.333. The first-order valence-corrected chi connectivity index (χ1v) is 7.87. The van der Waals surface area contributed by atoms with Crippen molar-refractivity contribution in [1.82, 2.24) is 20.6 Å². The van der Waals surface area contributed by atoms with Crippen molar-refractivity contribution in [1.29, 1.82) is 0 Å². The smallest absolute Gasteiger partial charge is 0.262 e. The van der Waals surface area contributed by atoms with Crippen molar-refractivity contribution in [2.75, 3.05) is 0 Å². The van der Waals surface area contributed by atoms with Crippen molar-refractivity contribution in [3.8, 4) is 0 Å². The number of hydrogen-bond donors (Lipinski definition) is 3. The number of aromatic nitrogens is 2. The zero-order valence-electron chi connectivity index (χ0n) is 13.1. The first-order chi connectivity index (χ1) is 10.8. The Kier molecular flexibility index (Phi) is 4.95. The van der Waals surface area contributed by atoms with Crippen LogP contribution >= 0.6 is 11.3 Å². The molecular weight excluding hydrogens is 316 g/mol. The van der Waals surface area contributed by atoms with Crippen LogP contribution in [0, 0.1) is 6.92 Å². The molecule has 7 nitrogen and oxygen atoms in total. The maximum atomic E-state index is 12.3. The number of aromatic amines is 1. The summed E-state index contributed by atoms with van der Waals surface area (Å²) < 4.78 is 0. The van der Waals surface area contributed by atoms with Gasteiger partial charge in [-0.15, -0.1) is 11.3 Å². The Morgan fingerprint density at radius 3 is 2.74 bits per heavy atom. The molecule has 2 amide bonds. The van der Waals surface area contributed by atoms with Gasteiger partial charge < -0.3 is 15.6 Å². The fourth-order valence-electron chi connectivity index (χ4n) is 1.92. The number of H-pyrrole nitrogens is 1. The molecule has 23 heavy (non-hydrogen) atoms. The van der Waals surface area contributed by atoms with Crippen LogP contribution in [0.5, 0.6) is 0 Å². The molecule has 2 rings (SSSR count). The number of rotatable bonds is 5. The van der Waals surface area contributed by atoms with E-state index in [1.807, 2.05) is 0 Å². The molecule has 0 saturated carbocycles. The Morgan fingerprint density at radius 2 is 2.13 bits per heavy atom. The van der Waals surface area contributed by atoms with E-state index in [0.29, 0.717) is 16.4 Å². The lowest BCUT2D eigenvalue weighted by Gasteiger charge is -2.24. The van der Waals surface area contributed by atoms with Crippen molar-refractivity contribution in [3.63, 3.8) is 0 Å². The summed E-state index contributed by atoms with van der Waals surface area (Å²) in [5, 5.41) is 7.14. The summed E-state index contributed by atoms with van der Waals surface area (Å²) in [5.74, 6) is -0.308. The van der Waals surface area contributed by atoms with Crippen LogP contribution in [0.25, 0.3) is 0 Å². The molecule has 0 aliphatic heterocycles. The van der Waals surface area contributed by atoms with Gasteiger partial charge in [0.15, 0.2) is 0 Å². The van der Waals surface area contributed by atoms with Gasteiger partial charge in [-0.3, -0.25) is 14.4 Å². The van der Waals surface area contributed by atoms with Crippen LogP contribution in [0.1, 0.15) is 35.0 Å². The fourth-order valence-corrected chi connectivity index (χ4v) is 2.54. The van der Waals surface area contributed by atoms with E-state index >= 15 is 0 Å². The zero-order valence-corrected chi connectivity index (χ0v) is 13.9. The second kappa shape index (κ2) is 6.74. The quantitative estimate of drug-likeness (QED) is 0.757. The minimum Gasteiger partial charge on any atom is -0.347 e. The molecule has 0 aliphatic carbocycles. The predicted octanol–water partition coefficient (Wildman–Crippen LogP) is 0.965. The van der Waals surface area contributed by atoms with Crippen LogP contribution in [0.4, 0.5) is 0 Å². The number of thiophene rings is 1. The molecule has 8 heteroatoms. The molecule has 0 aliphatic rings. The average molecular weight is 334 g/mol. The van der Waals surface area contributed by atoms with Gasteiger partial charge in [0.1, 0.15) is 11.4 Å². The number of nitrogens with one attached hydrogen (secondary N) is 3. The van der Waals surface area contributed by atoms with E-state index in [9.17, 15) is 14.4 Å². The average Bonchev–Trinajstić information content (AvgIpc) is 2.97. The molecule has 2 heterocycles. The van der Waals surface area contributed by atoms with Gasteiger partial charge in [-0.1, -0.05) is 6.07 Å². The summed E-state index contributed by atoms with van der Waals surface area (Å²) in [4.78, 5) is 42.9. The standard InChI is InChI=1S/C15H18N4O3S/c1-9-7-12(20)18-11(17-9)8-16-14(22)15(2,3)19-13(21)10-5-4-6-23-10/h4-7H,8H2,1-3H3,(H,16,22)(H,19,21)(H,17,18,20). The highest BCUT2D eigenvalue weighted by atomic mass is 32.1. The van der Waals surface area contributed by atoms with Crippen LogP contribution in [-0.2, 0) is 11.3 Å². The van der Waals surface area contributed by atoms with Crippen molar-refractivity contribution in [3.05, 3.63) is 50.3 Å². The third-order valence-electron chi connectivity index (χ3n) is 3.07. The number of amides is 2. The van der Waals surface area contributed by atoms with E-state index in [-0.39, 0.29) is 23.9 Å². The van der Waals surface area contributed by atoms with E-state index in [0.717, 1.165) is 0 Å². The molecule has 122 valence electrons. The molecule has 0 spiro atoms. The lowest BCUT2D eigenvalue weighted by Crippen LogP contribution is -2.54. The van der Waals surface area contributed by atoms with Crippen LogP contribution in [-0.4, -0.2) is 27.3 Å². The summed E-state index contributed by atoms with van der Waals surface area (Å²) in [6, 6.07) is 4.83. The van der Waals surface area contributed by atoms with E-state index in [1.165, 1.54) is 17.4 Å². The molecule has 0 unspecified atom stereocenters. The first-order valence-electron chi connectivity index (χ1n) is 6.99. The molecule has 2 aromatic heterocycles. The Morgan fingerprint density at radius 1 is 1.39 bits per heavy atom. The lowest BCUT2D eigenvalue weighted by molar-refractivity contribution is -0.126. The second-order valence-electron chi connectivity index (χ2n) is 5.57. The number of aryl methyl sites for hydroxylation is 1. The van der Waals surface area contributed by atoms with Crippen LogP contribution in [0.3, 0.4) is 0 Å². The van der Waals surface area contributed by atoms with E-state index in [1.54, 1.807) is 38.3 Å². The maximum absolute atomic E-state index is 12.3. The highest BCUT2D eigenvalue weighted by Crippen LogP contribution is 2.11. The van der Waals surface area contributed by atoms with Gasteiger partial charge in [-0.2, -0.15) is 0 Å². The number of carbonyl (C=O) groups is 2. The highest BCUT2D eigenvalue weighted by molar-refractivity contribution is 7.12. The van der Waals surface area contributed by atoms with Gasteiger partial charge in [0.25, 0.3) is 11.5 Å². The minimum atomic E-state index is -1.09. The third-order valence-corrected chi connectivity index (χ3v) is 3.94. The first kappa shape index (κ1) is 16.9. The number of carbonyl (C=O) groups excluding carboxylic acids is 2. The van der Waals surface area contributed by atoms with Crippen LogP contribution < -0.4 is 16.2 Å². The molecule has 0 aromatic carbocycles. The zero-order chi connectivity index (χ0) is 17.0. The van der Waals surface area contributed by atoms with Gasteiger partial charge in [-0.25, -0.2) is 4.98 Å². The van der Waals surface area contributed by atoms with Crippen molar-refractivity contribution >= 4 is 23.2 Å². The van der Waals surface area contributed by atoms with Gasteiger partial charge >= 0.3 is 0 Å². The van der Waals surface area contributed by atoms with E-state index < -0.39 is 5.54 Å². The molecule has 0 saturated heterocycles. The molecule has 0 bridgehead atoms. The molecule has 0 atom stereocenters. The number of hydrogen-bond acceptors (Lipinski definition) is 5. The highest BCUT2D eigenvalue weighted by Gasteiger charge is 2.30. The summed E-state index contributed by atoms with van der Waals surface area (Å²) in [7, 11) is 0. The normalized spacial score (nSPS) is 11.1. The molecule has 3 N–H and O–H groups in total. The Labute approximate surface area is 137 Å².